The highest BCUT2D eigenvalue weighted by Crippen LogP contribution is 2.52. The van der Waals surface area contributed by atoms with Crippen LogP contribution in [0.3, 0.4) is 0 Å². The molecule has 270 valence electrons. The van der Waals surface area contributed by atoms with Crippen LogP contribution in [0.25, 0.3) is 75.5 Å². The third-order valence-corrected chi connectivity index (χ3v) is 13.2. The van der Waals surface area contributed by atoms with E-state index >= 15 is 0 Å². The first kappa shape index (κ1) is 33.6. The summed E-state index contributed by atoms with van der Waals surface area (Å²) in [6.45, 7) is 4.75. The lowest BCUT2D eigenvalue weighted by atomic mass is 9.81. The van der Waals surface area contributed by atoms with Gasteiger partial charge in [0.15, 0.2) is 0 Å². The fourth-order valence-electron chi connectivity index (χ4n) is 9.00. The first-order valence-corrected chi connectivity index (χ1v) is 20.6. The second kappa shape index (κ2) is 13.2. The van der Waals surface area contributed by atoms with Gasteiger partial charge in [-0.3, -0.25) is 0 Å². The Balaban J connectivity index is 0.950. The Bertz CT molecular complexity index is 3130. The topological polar surface area (TPSA) is 3.24 Å². The molecule has 0 saturated carbocycles. The number of nitrogens with zero attached hydrogens (tertiary/aromatic N) is 1. The number of benzene rings is 9. The molecule has 1 aromatic heterocycles. The Labute approximate surface area is 337 Å². The molecule has 1 heterocycles. The van der Waals surface area contributed by atoms with Crippen molar-refractivity contribution in [2.45, 2.75) is 19.3 Å². The molecule has 1 aliphatic carbocycles. The van der Waals surface area contributed by atoms with Crippen molar-refractivity contribution in [3.05, 3.63) is 211 Å². The molecule has 0 amide bonds. The zero-order valence-corrected chi connectivity index (χ0v) is 32.7. The quantitative estimate of drug-likeness (QED) is 0.164. The minimum absolute atomic E-state index is 0.153. The molecule has 0 fully saturated rings. The lowest BCUT2D eigenvalue weighted by Crippen LogP contribution is -2.16. The molecule has 0 atom stereocenters. The third-order valence-electron chi connectivity index (χ3n) is 12.1. The average molecular weight is 746 g/mol. The third kappa shape index (κ3) is 5.67. The standard InChI is InChI=1S/C55H39NS/c1-55(2)51-34-43(36-10-4-3-5-11-36)23-29-47(51)48-30-28-46(35-52(48)55)56(45-27-22-37-12-6-7-13-41(37)32-45)44-25-20-39(21-26-44)38-16-18-40(19-17-38)42-24-31-54-50(33-42)49-14-8-9-15-53(49)57-54/h3-35H,1-2H3. The lowest BCUT2D eigenvalue weighted by Gasteiger charge is -2.28. The van der Waals surface area contributed by atoms with Crippen LogP contribution in [0.15, 0.2) is 200 Å². The van der Waals surface area contributed by atoms with Crippen molar-refractivity contribution in [1.29, 1.82) is 0 Å². The summed E-state index contributed by atoms with van der Waals surface area (Å²) < 4.78 is 2.67. The van der Waals surface area contributed by atoms with E-state index in [1.807, 2.05) is 11.3 Å². The SMILES string of the molecule is CC1(C)c2cc(-c3ccccc3)ccc2-c2ccc(N(c3ccc(-c4ccc(-c5ccc6sc7ccccc7c6c5)cc4)cc3)c3ccc4ccccc4c3)cc21. The fraction of sp³-hybridized carbons (Fsp3) is 0.0545. The largest absolute Gasteiger partial charge is 0.310 e. The summed E-state index contributed by atoms with van der Waals surface area (Å²) in [6.07, 6.45) is 0. The Hall–Kier alpha value is -6.74. The number of hydrogen-bond acceptors (Lipinski definition) is 2. The summed E-state index contributed by atoms with van der Waals surface area (Å²) in [5.41, 5.74) is 16.0. The molecule has 0 bridgehead atoms. The number of hydrogen-bond donors (Lipinski definition) is 0. The monoisotopic (exact) mass is 745 g/mol. The van der Waals surface area contributed by atoms with Crippen LogP contribution in [0, 0.1) is 0 Å². The maximum atomic E-state index is 2.43. The van der Waals surface area contributed by atoms with E-state index < -0.39 is 0 Å². The molecule has 0 spiro atoms. The maximum absolute atomic E-state index is 2.43. The van der Waals surface area contributed by atoms with Crippen LogP contribution < -0.4 is 4.90 Å². The predicted molar refractivity (Wildman–Crippen MR) is 245 cm³/mol. The Kier molecular flexibility index (Phi) is 7.77. The van der Waals surface area contributed by atoms with Crippen LogP contribution in [0.5, 0.6) is 0 Å². The van der Waals surface area contributed by atoms with Gasteiger partial charge in [-0.15, -0.1) is 11.3 Å². The fourth-order valence-corrected chi connectivity index (χ4v) is 10.1. The van der Waals surface area contributed by atoms with Crippen molar-refractivity contribution in [1.82, 2.24) is 0 Å². The van der Waals surface area contributed by atoms with Crippen molar-refractivity contribution in [2.75, 3.05) is 4.90 Å². The minimum Gasteiger partial charge on any atom is -0.310 e. The maximum Gasteiger partial charge on any atom is 0.0468 e. The molecule has 9 aromatic carbocycles. The van der Waals surface area contributed by atoms with Gasteiger partial charge in [-0.1, -0.05) is 153 Å². The second-order valence-corrected chi connectivity index (χ2v) is 16.9. The lowest BCUT2D eigenvalue weighted by molar-refractivity contribution is 0.660. The smallest absolute Gasteiger partial charge is 0.0468 e. The van der Waals surface area contributed by atoms with E-state index in [-0.39, 0.29) is 5.41 Å². The molecule has 0 radical (unpaired) electrons. The molecular weight excluding hydrogens is 707 g/mol. The first-order chi connectivity index (χ1) is 28.0. The summed E-state index contributed by atoms with van der Waals surface area (Å²) in [7, 11) is 0. The highest BCUT2D eigenvalue weighted by atomic mass is 32.1. The van der Waals surface area contributed by atoms with E-state index in [1.54, 1.807) is 0 Å². The van der Waals surface area contributed by atoms with Crippen LogP contribution in [0.1, 0.15) is 25.0 Å². The molecule has 2 heteroatoms. The number of fused-ring (bicyclic) bond motifs is 7. The molecule has 11 rings (SSSR count). The van der Waals surface area contributed by atoms with E-state index in [0.29, 0.717) is 0 Å². The molecule has 1 aliphatic rings. The van der Waals surface area contributed by atoms with Gasteiger partial charge in [0.2, 0.25) is 0 Å². The highest BCUT2D eigenvalue weighted by Gasteiger charge is 2.36. The molecule has 10 aromatic rings. The Morgan fingerprint density at radius 3 is 1.65 bits per heavy atom. The summed E-state index contributed by atoms with van der Waals surface area (Å²) >= 11 is 1.86. The molecule has 0 unspecified atom stereocenters. The van der Waals surface area contributed by atoms with Gasteiger partial charge in [0.05, 0.1) is 0 Å². The molecule has 57 heavy (non-hydrogen) atoms. The van der Waals surface area contributed by atoms with Gasteiger partial charge in [-0.05, 0) is 127 Å². The van der Waals surface area contributed by atoms with Crippen molar-refractivity contribution >= 4 is 59.3 Å². The molecule has 0 saturated heterocycles. The average Bonchev–Trinajstić information content (AvgIpc) is 3.75. The van der Waals surface area contributed by atoms with Crippen LogP contribution in [0.4, 0.5) is 17.1 Å². The number of rotatable bonds is 6. The normalized spacial score (nSPS) is 12.9. The van der Waals surface area contributed by atoms with E-state index in [2.05, 4.69) is 219 Å². The van der Waals surface area contributed by atoms with Crippen molar-refractivity contribution in [3.8, 4) is 44.5 Å². The van der Waals surface area contributed by atoms with Gasteiger partial charge in [0.1, 0.15) is 0 Å². The van der Waals surface area contributed by atoms with Gasteiger partial charge in [-0.25, -0.2) is 0 Å². The second-order valence-electron chi connectivity index (χ2n) is 15.8. The molecule has 0 N–H and O–H groups in total. The summed E-state index contributed by atoms with van der Waals surface area (Å²) in [5, 5.41) is 5.13. The number of anilines is 3. The molecular formula is C55H39NS. The van der Waals surface area contributed by atoms with Gasteiger partial charge in [-0.2, -0.15) is 0 Å². The van der Waals surface area contributed by atoms with E-state index in [4.69, 9.17) is 0 Å². The predicted octanol–water partition coefficient (Wildman–Crippen LogP) is 16.0. The summed E-state index contributed by atoms with van der Waals surface area (Å²) in [6, 6.07) is 73.9. The zero-order chi connectivity index (χ0) is 38.1. The van der Waals surface area contributed by atoms with Crippen LogP contribution in [-0.4, -0.2) is 0 Å². The van der Waals surface area contributed by atoms with Crippen molar-refractivity contribution in [3.63, 3.8) is 0 Å². The Morgan fingerprint density at radius 1 is 0.351 bits per heavy atom. The van der Waals surface area contributed by atoms with Crippen LogP contribution >= 0.6 is 11.3 Å². The van der Waals surface area contributed by atoms with Crippen LogP contribution in [0.2, 0.25) is 0 Å². The minimum atomic E-state index is -0.153. The zero-order valence-electron chi connectivity index (χ0n) is 31.9. The summed E-state index contributed by atoms with van der Waals surface area (Å²) in [4.78, 5) is 2.42. The van der Waals surface area contributed by atoms with Gasteiger partial charge < -0.3 is 4.90 Å². The number of thiophene rings is 1. The van der Waals surface area contributed by atoms with Crippen LogP contribution in [-0.2, 0) is 5.41 Å². The van der Waals surface area contributed by atoms with Crippen molar-refractivity contribution < 1.29 is 0 Å². The van der Waals surface area contributed by atoms with Gasteiger partial charge in [0.25, 0.3) is 0 Å². The van der Waals surface area contributed by atoms with Gasteiger partial charge >= 0.3 is 0 Å². The van der Waals surface area contributed by atoms with E-state index in [9.17, 15) is 0 Å². The Morgan fingerprint density at radius 2 is 0.860 bits per heavy atom. The molecule has 1 nitrogen and oxygen atoms in total. The van der Waals surface area contributed by atoms with E-state index in [0.717, 1.165) is 17.1 Å². The van der Waals surface area contributed by atoms with E-state index in [1.165, 1.54) is 86.6 Å². The first-order valence-electron chi connectivity index (χ1n) is 19.7. The highest BCUT2D eigenvalue weighted by molar-refractivity contribution is 7.25. The van der Waals surface area contributed by atoms with Crippen molar-refractivity contribution in [2.24, 2.45) is 0 Å². The molecule has 0 aliphatic heterocycles. The van der Waals surface area contributed by atoms with Gasteiger partial charge in [0, 0.05) is 42.6 Å². The summed E-state index contributed by atoms with van der Waals surface area (Å²) in [5.74, 6) is 0.